The van der Waals surface area contributed by atoms with Crippen LogP contribution in [-0.2, 0) is 14.3 Å². The second kappa shape index (κ2) is 17.8. The number of hydrogen-bond acceptors (Lipinski definition) is 9. The molecule has 14 heteroatoms. The van der Waals surface area contributed by atoms with Crippen molar-refractivity contribution >= 4 is 28.9 Å². The molecule has 332 valence electrons. The first-order valence-corrected chi connectivity index (χ1v) is 22.8. The predicted molar refractivity (Wildman–Crippen MR) is 241 cm³/mol. The van der Waals surface area contributed by atoms with Crippen LogP contribution in [0.25, 0.3) is 44.4 Å². The number of rotatable bonds is 12. The molecule has 0 spiro atoms. The van der Waals surface area contributed by atoms with Gasteiger partial charge in [0.25, 0.3) is 0 Å². The number of fused-ring (bicyclic) bond motifs is 3. The van der Waals surface area contributed by atoms with Crippen LogP contribution in [0.4, 0.5) is 9.59 Å². The van der Waals surface area contributed by atoms with Gasteiger partial charge in [0.05, 0.1) is 56.1 Å². The normalized spacial score (nSPS) is 22.2. The SMILES string of the molecule is CCC(NC(=O)OC)C(=O)N1CCC[C@H]1c1ncc(-c2ccc(-c3ccc4cc(-c5cnc([C@@H]6CCCN6C(O)C(NC(=O)OC)C(C)C)[nH]5)ccc4c3)c3c2C2CCC3CC2)[nH]1. The van der Waals surface area contributed by atoms with Gasteiger partial charge < -0.3 is 40.1 Å². The number of alkyl carbamates (subject to hydrolysis) is 2. The van der Waals surface area contributed by atoms with Gasteiger partial charge in [0.15, 0.2) is 0 Å². The number of aromatic nitrogens is 4. The Balaban J connectivity index is 0.962. The van der Waals surface area contributed by atoms with E-state index in [9.17, 15) is 19.5 Å². The predicted octanol–water partition coefficient (Wildman–Crippen LogP) is 8.68. The summed E-state index contributed by atoms with van der Waals surface area (Å²) in [6, 6.07) is 16.5. The third kappa shape index (κ3) is 8.07. The van der Waals surface area contributed by atoms with Crippen molar-refractivity contribution in [2.45, 2.75) is 121 Å². The molecule has 3 aliphatic carbocycles. The number of amides is 3. The maximum absolute atomic E-state index is 13.6. The van der Waals surface area contributed by atoms with E-state index in [1.807, 2.05) is 43.0 Å². The molecular weight excluding hydrogens is 797 g/mol. The van der Waals surface area contributed by atoms with Gasteiger partial charge in [0.2, 0.25) is 5.91 Å². The molecule has 2 aromatic heterocycles. The molecular formula is C49H60N8O6. The number of H-pyrrole nitrogens is 2. The number of ether oxygens (including phenoxy) is 2. The summed E-state index contributed by atoms with van der Waals surface area (Å²) < 4.78 is 9.62. The number of nitrogens with one attached hydrogen (secondary N) is 4. The van der Waals surface area contributed by atoms with E-state index in [2.05, 4.69) is 69.1 Å². The highest BCUT2D eigenvalue weighted by Crippen LogP contribution is 2.55. The van der Waals surface area contributed by atoms with Crippen LogP contribution in [0.3, 0.4) is 0 Å². The molecule has 5 aliphatic rings. The number of carbonyl (C=O) groups excluding carboxylic acids is 3. The Morgan fingerprint density at radius 1 is 0.746 bits per heavy atom. The zero-order valence-corrected chi connectivity index (χ0v) is 36.9. The summed E-state index contributed by atoms with van der Waals surface area (Å²) in [4.78, 5) is 58.5. The van der Waals surface area contributed by atoms with Crippen LogP contribution in [0.1, 0.15) is 125 Å². The third-order valence-electron chi connectivity index (χ3n) is 14.3. The number of aromatic amines is 2. The number of nitrogens with zero attached hydrogens (tertiary/aromatic N) is 4. The fraction of sp³-hybridized carbons (Fsp3) is 0.490. The Morgan fingerprint density at radius 2 is 1.32 bits per heavy atom. The molecule has 5 atom stereocenters. The van der Waals surface area contributed by atoms with Crippen molar-refractivity contribution in [3.63, 3.8) is 0 Å². The van der Waals surface area contributed by atoms with Crippen LogP contribution in [0.2, 0.25) is 0 Å². The second-order valence-electron chi connectivity index (χ2n) is 18.2. The van der Waals surface area contributed by atoms with E-state index in [0.717, 1.165) is 59.7 Å². The van der Waals surface area contributed by atoms with Crippen LogP contribution < -0.4 is 10.6 Å². The van der Waals surface area contributed by atoms with Crippen LogP contribution in [-0.4, -0.2) is 98.6 Å². The van der Waals surface area contributed by atoms with Crippen molar-refractivity contribution in [2.24, 2.45) is 5.92 Å². The van der Waals surface area contributed by atoms with Gasteiger partial charge in [-0.05, 0) is 121 Å². The first-order chi connectivity index (χ1) is 30.6. The molecule has 3 aromatic carbocycles. The van der Waals surface area contributed by atoms with Gasteiger partial charge in [-0.25, -0.2) is 19.6 Å². The fourth-order valence-corrected chi connectivity index (χ4v) is 11.0. The van der Waals surface area contributed by atoms with Gasteiger partial charge in [-0.1, -0.05) is 57.2 Å². The summed E-state index contributed by atoms with van der Waals surface area (Å²) in [7, 11) is 2.64. The maximum Gasteiger partial charge on any atom is 0.407 e. The molecule has 3 fully saturated rings. The van der Waals surface area contributed by atoms with Crippen molar-refractivity contribution in [3.05, 3.63) is 83.7 Å². The van der Waals surface area contributed by atoms with E-state index >= 15 is 0 Å². The van der Waals surface area contributed by atoms with Gasteiger partial charge in [0, 0.05) is 24.2 Å². The van der Waals surface area contributed by atoms with Crippen molar-refractivity contribution in [3.8, 4) is 33.6 Å². The number of carbonyl (C=O) groups is 3. The molecule has 3 amide bonds. The molecule has 2 aliphatic heterocycles. The monoisotopic (exact) mass is 856 g/mol. The lowest BCUT2D eigenvalue weighted by molar-refractivity contribution is -0.134. The Bertz CT molecular complexity index is 2490. The number of methoxy groups -OCH3 is 2. The summed E-state index contributed by atoms with van der Waals surface area (Å²) >= 11 is 0. The Labute approximate surface area is 368 Å². The number of likely N-dealkylation sites (tertiary alicyclic amines) is 2. The molecule has 0 radical (unpaired) electrons. The topological polar surface area (TPSA) is 178 Å². The van der Waals surface area contributed by atoms with Gasteiger partial charge in [-0.3, -0.25) is 9.69 Å². The van der Waals surface area contributed by atoms with E-state index in [1.165, 1.54) is 73.1 Å². The summed E-state index contributed by atoms with van der Waals surface area (Å²) in [6.45, 7) is 7.16. The number of imidazole rings is 2. The molecule has 2 saturated heterocycles. The summed E-state index contributed by atoms with van der Waals surface area (Å²) in [5, 5.41) is 19.3. The first-order valence-electron chi connectivity index (χ1n) is 22.8. The van der Waals surface area contributed by atoms with E-state index < -0.39 is 30.5 Å². The Morgan fingerprint density at radius 3 is 2.00 bits per heavy atom. The van der Waals surface area contributed by atoms with Crippen molar-refractivity contribution in [2.75, 3.05) is 27.3 Å². The largest absolute Gasteiger partial charge is 0.453 e. The molecule has 14 nitrogen and oxygen atoms in total. The minimum absolute atomic E-state index is 0.00433. The van der Waals surface area contributed by atoms with E-state index in [1.54, 1.807) is 0 Å². The molecule has 63 heavy (non-hydrogen) atoms. The summed E-state index contributed by atoms with van der Waals surface area (Å²) in [5.41, 5.74) is 9.57. The lowest BCUT2D eigenvalue weighted by atomic mass is 9.64. The van der Waals surface area contributed by atoms with E-state index in [-0.39, 0.29) is 23.9 Å². The number of benzene rings is 3. The van der Waals surface area contributed by atoms with Crippen molar-refractivity contribution in [1.82, 2.24) is 40.4 Å². The summed E-state index contributed by atoms with van der Waals surface area (Å²) in [6.07, 6.45) is 10.5. The minimum atomic E-state index is -0.888. The van der Waals surface area contributed by atoms with Gasteiger partial charge in [0.1, 0.15) is 23.9 Å². The van der Waals surface area contributed by atoms with Crippen LogP contribution in [0.5, 0.6) is 0 Å². The molecule has 2 bridgehead atoms. The minimum Gasteiger partial charge on any atom is -0.453 e. The number of aliphatic hydroxyl groups excluding tert-OH is 1. The molecule has 4 heterocycles. The average Bonchev–Trinajstić information content (AvgIpc) is 4.16. The summed E-state index contributed by atoms with van der Waals surface area (Å²) in [5.74, 6) is 2.46. The lowest BCUT2D eigenvalue weighted by Crippen LogP contribution is -2.54. The standard InChI is InChI=1S/C49H60N8O6/c1-6-36(54-48(60)62-4)46(58)56-21-7-9-39(56)45-51-26-38(53-45)35-20-19-34(41-28-11-13-29(14-12-28)42(35)41)32-17-15-31-24-33(18-16-30(31)23-32)37-25-50-44(52-37)40-10-8-22-57(40)47(59)43(27(2)3)55-49(61)63-5/h15-20,23-29,36,39-40,43,47,59H,6-14,21-22H2,1-5H3,(H,50,52)(H,51,53)(H,54,60)(H,55,61)/t28?,29?,36?,39-,40-,43?,47?/m0/s1. The highest BCUT2D eigenvalue weighted by molar-refractivity contribution is 5.92. The van der Waals surface area contributed by atoms with Crippen LogP contribution in [0, 0.1) is 5.92 Å². The third-order valence-corrected chi connectivity index (χ3v) is 14.3. The lowest BCUT2D eigenvalue weighted by Gasteiger charge is -2.41. The van der Waals surface area contributed by atoms with E-state index in [0.29, 0.717) is 31.3 Å². The van der Waals surface area contributed by atoms with E-state index in [4.69, 9.17) is 19.4 Å². The van der Waals surface area contributed by atoms with Gasteiger partial charge >= 0.3 is 12.2 Å². The fourth-order valence-electron chi connectivity index (χ4n) is 11.0. The second-order valence-corrected chi connectivity index (χ2v) is 18.2. The average molecular weight is 857 g/mol. The molecule has 10 rings (SSSR count). The maximum atomic E-state index is 13.6. The van der Waals surface area contributed by atoms with Gasteiger partial charge in [-0.15, -0.1) is 0 Å². The molecule has 1 saturated carbocycles. The zero-order chi connectivity index (χ0) is 43.9. The van der Waals surface area contributed by atoms with Crippen LogP contribution in [0.15, 0.2) is 60.9 Å². The van der Waals surface area contributed by atoms with Crippen molar-refractivity contribution in [1.29, 1.82) is 0 Å². The highest BCUT2D eigenvalue weighted by Gasteiger charge is 2.40. The zero-order valence-electron chi connectivity index (χ0n) is 36.9. The first kappa shape index (κ1) is 42.6. The van der Waals surface area contributed by atoms with Crippen LogP contribution >= 0.6 is 0 Å². The smallest absolute Gasteiger partial charge is 0.407 e. The Kier molecular flexibility index (Phi) is 12.0. The number of aliphatic hydroxyl groups is 1. The Hall–Kier alpha value is -5.73. The molecule has 5 N–H and O–H groups in total. The molecule has 5 aromatic rings. The number of hydrogen-bond donors (Lipinski definition) is 5. The molecule has 3 unspecified atom stereocenters. The quantitative estimate of drug-likeness (QED) is 0.0822. The highest BCUT2D eigenvalue weighted by atomic mass is 16.5. The van der Waals surface area contributed by atoms with Gasteiger partial charge in [-0.2, -0.15) is 0 Å². The van der Waals surface area contributed by atoms with Crippen molar-refractivity contribution < 1.29 is 29.0 Å².